The Labute approximate surface area is 158 Å². The lowest BCUT2D eigenvalue weighted by atomic mass is 10.2. The fourth-order valence-corrected chi connectivity index (χ4v) is 3.56. The predicted octanol–water partition coefficient (Wildman–Crippen LogP) is 3.26. The summed E-state index contributed by atoms with van der Waals surface area (Å²) in [5.74, 6) is -0.857. The molecule has 0 bridgehead atoms. The van der Waals surface area contributed by atoms with Gasteiger partial charge in [0.2, 0.25) is 0 Å². The van der Waals surface area contributed by atoms with Gasteiger partial charge in [-0.05, 0) is 30.2 Å². The van der Waals surface area contributed by atoms with Crippen LogP contribution in [-0.2, 0) is 22.2 Å². The second kappa shape index (κ2) is 9.61. The highest BCUT2D eigenvalue weighted by Crippen LogP contribution is 2.22. The highest BCUT2D eigenvalue weighted by atomic mass is 35.5. The summed E-state index contributed by atoms with van der Waals surface area (Å²) in [5.41, 5.74) is 2.95. The Morgan fingerprint density at radius 1 is 1.38 bits per heavy atom. The van der Waals surface area contributed by atoms with Crippen LogP contribution < -0.4 is 10.2 Å². The van der Waals surface area contributed by atoms with E-state index in [4.69, 9.17) is 21.2 Å². The fourth-order valence-electron chi connectivity index (χ4n) is 2.12. The van der Waals surface area contributed by atoms with Crippen LogP contribution in [0.3, 0.4) is 0 Å². The molecule has 6 nitrogen and oxygen atoms in total. The Balaban J connectivity index is 2.06. The Morgan fingerprint density at radius 2 is 2.15 bits per heavy atom. The van der Waals surface area contributed by atoms with E-state index in [0.29, 0.717) is 17.7 Å². The van der Waals surface area contributed by atoms with Crippen molar-refractivity contribution in [3.63, 3.8) is 0 Å². The van der Waals surface area contributed by atoms with Crippen molar-refractivity contribution in [3.8, 4) is 5.75 Å². The molecule has 1 aromatic carbocycles. The highest BCUT2D eigenvalue weighted by Gasteiger charge is 2.22. The summed E-state index contributed by atoms with van der Waals surface area (Å²) in [5, 5.41) is 0.184. The van der Waals surface area contributed by atoms with Crippen molar-refractivity contribution in [3.05, 3.63) is 52.4 Å². The number of methoxy groups -OCH3 is 1. The van der Waals surface area contributed by atoms with Gasteiger partial charge in [-0.15, -0.1) is 5.48 Å². The smallest absolute Gasteiger partial charge is 0.361 e. The van der Waals surface area contributed by atoms with Gasteiger partial charge in [-0.3, -0.25) is 4.21 Å². The van der Waals surface area contributed by atoms with Crippen molar-refractivity contribution in [1.29, 1.82) is 0 Å². The number of halogens is 2. The van der Waals surface area contributed by atoms with Crippen LogP contribution in [-0.4, -0.2) is 28.0 Å². The Kier molecular flexibility index (Phi) is 7.50. The van der Waals surface area contributed by atoms with E-state index in [1.165, 1.54) is 31.5 Å². The van der Waals surface area contributed by atoms with Crippen LogP contribution in [0.1, 0.15) is 29.3 Å². The van der Waals surface area contributed by atoms with E-state index < -0.39 is 22.6 Å². The van der Waals surface area contributed by atoms with Crippen LogP contribution in [0.25, 0.3) is 0 Å². The van der Waals surface area contributed by atoms with E-state index in [1.807, 2.05) is 6.92 Å². The number of hydrogen-bond donors (Lipinski definition) is 1. The molecule has 0 saturated carbocycles. The maximum Gasteiger partial charge on any atom is 0.361 e. The lowest BCUT2D eigenvalue weighted by Crippen LogP contribution is -2.22. The number of rotatable bonds is 8. The van der Waals surface area contributed by atoms with Crippen molar-refractivity contribution in [1.82, 2.24) is 10.5 Å². The van der Waals surface area contributed by atoms with Crippen LogP contribution in [0.5, 0.6) is 5.75 Å². The molecule has 1 aromatic heterocycles. The van der Waals surface area contributed by atoms with Crippen molar-refractivity contribution in [2.24, 2.45) is 0 Å². The quantitative estimate of drug-likeness (QED) is 0.685. The second-order valence-electron chi connectivity index (χ2n) is 5.20. The average Bonchev–Trinajstić information content (AvgIpc) is 2.61. The van der Waals surface area contributed by atoms with Gasteiger partial charge in [0.05, 0.1) is 29.5 Å². The Morgan fingerprint density at radius 3 is 2.81 bits per heavy atom. The number of pyridine rings is 1. The number of nitrogens with zero attached hydrogens (tertiary/aromatic N) is 1. The van der Waals surface area contributed by atoms with Crippen LogP contribution >= 0.6 is 11.6 Å². The van der Waals surface area contributed by atoms with Gasteiger partial charge in [0.15, 0.2) is 11.6 Å². The van der Waals surface area contributed by atoms with Gasteiger partial charge in [0.1, 0.15) is 10.6 Å². The van der Waals surface area contributed by atoms with E-state index >= 15 is 0 Å². The number of hydrogen-bond acceptors (Lipinski definition) is 6. The van der Waals surface area contributed by atoms with E-state index in [9.17, 15) is 13.4 Å². The predicted molar refractivity (Wildman–Crippen MR) is 96.0 cm³/mol. The monoisotopic (exact) mass is 400 g/mol. The lowest BCUT2D eigenvalue weighted by Gasteiger charge is -2.10. The molecule has 0 amide bonds. The van der Waals surface area contributed by atoms with Gasteiger partial charge in [0.25, 0.3) is 0 Å². The average molecular weight is 401 g/mol. The van der Waals surface area contributed by atoms with Gasteiger partial charge in [-0.2, -0.15) is 0 Å². The topological polar surface area (TPSA) is 77.5 Å². The molecule has 1 heterocycles. The molecule has 0 aliphatic rings. The molecule has 9 heteroatoms. The molecular weight excluding hydrogens is 383 g/mol. The molecular formula is C17H18ClFN2O4S. The Bertz CT molecular complexity index is 819. The molecule has 2 rings (SSSR count). The SMILES string of the molecule is CCCS(=O)c1nccc(Cl)c1C(=O)ONCc1ccc(OC)c(F)c1. The number of hydroxylamine groups is 1. The molecule has 0 fully saturated rings. The first-order valence-corrected chi connectivity index (χ1v) is 9.47. The molecule has 0 radical (unpaired) electrons. The van der Waals surface area contributed by atoms with E-state index in [1.54, 1.807) is 6.07 Å². The summed E-state index contributed by atoms with van der Waals surface area (Å²) < 4.78 is 30.7. The molecule has 0 aliphatic heterocycles. The minimum Gasteiger partial charge on any atom is -0.494 e. The van der Waals surface area contributed by atoms with Gasteiger partial charge < -0.3 is 9.57 Å². The van der Waals surface area contributed by atoms with Crippen molar-refractivity contribution >= 4 is 28.4 Å². The summed E-state index contributed by atoms with van der Waals surface area (Å²) in [4.78, 5) is 21.3. The maximum absolute atomic E-state index is 13.6. The zero-order valence-corrected chi connectivity index (χ0v) is 15.8. The summed E-state index contributed by atoms with van der Waals surface area (Å²) in [7, 11) is -0.0910. The van der Waals surface area contributed by atoms with Crippen LogP contribution in [0.2, 0.25) is 5.02 Å². The number of carbonyl (C=O) groups excluding carboxylic acids is 1. The van der Waals surface area contributed by atoms with E-state index in [-0.39, 0.29) is 27.9 Å². The largest absolute Gasteiger partial charge is 0.494 e. The standard InChI is InChI=1S/C17H18ClFN2O4S/c1-3-8-26(23)16-15(12(18)6-7-20-16)17(22)25-21-10-11-4-5-14(24-2)13(19)9-11/h4-7,9,21H,3,8,10H2,1-2H3. The zero-order valence-electron chi connectivity index (χ0n) is 14.3. The lowest BCUT2D eigenvalue weighted by molar-refractivity contribution is 0.0232. The molecule has 1 atom stereocenters. The first kappa shape index (κ1) is 20.3. The van der Waals surface area contributed by atoms with E-state index in [0.717, 1.165) is 0 Å². The third-order valence-electron chi connectivity index (χ3n) is 3.33. The van der Waals surface area contributed by atoms with Gasteiger partial charge in [-0.1, -0.05) is 24.6 Å². The highest BCUT2D eigenvalue weighted by molar-refractivity contribution is 7.85. The van der Waals surface area contributed by atoms with E-state index in [2.05, 4.69) is 10.5 Å². The Hall–Kier alpha value is -2.03. The number of carbonyl (C=O) groups is 1. The molecule has 0 aliphatic carbocycles. The van der Waals surface area contributed by atoms with Gasteiger partial charge in [-0.25, -0.2) is 14.2 Å². The van der Waals surface area contributed by atoms with Crippen LogP contribution in [0.15, 0.2) is 35.5 Å². The van der Waals surface area contributed by atoms with Crippen molar-refractivity contribution in [2.75, 3.05) is 12.9 Å². The molecule has 1 unspecified atom stereocenters. The fraction of sp³-hybridized carbons (Fsp3) is 0.294. The summed E-state index contributed by atoms with van der Waals surface area (Å²) in [6.07, 6.45) is 2.05. The van der Waals surface area contributed by atoms with Crippen molar-refractivity contribution < 1.29 is 23.0 Å². The third-order valence-corrected chi connectivity index (χ3v) is 5.17. The third kappa shape index (κ3) is 5.00. The van der Waals surface area contributed by atoms with Crippen LogP contribution in [0, 0.1) is 5.82 Å². The summed E-state index contributed by atoms with van der Waals surface area (Å²) >= 11 is 6.05. The number of aromatic nitrogens is 1. The molecule has 0 saturated heterocycles. The van der Waals surface area contributed by atoms with Gasteiger partial charge in [0, 0.05) is 11.9 Å². The summed E-state index contributed by atoms with van der Waals surface area (Å²) in [6, 6.07) is 5.78. The molecule has 0 spiro atoms. The molecule has 2 aromatic rings. The number of benzene rings is 1. The summed E-state index contributed by atoms with van der Waals surface area (Å²) in [6.45, 7) is 1.94. The minimum atomic E-state index is -1.46. The number of ether oxygens (including phenoxy) is 1. The first-order chi connectivity index (χ1) is 12.5. The van der Waals surface area contributed by atoms with Gasteiger partial charge >= 0.3 is 5.97 Å². The zero-order chi connectivity index (χ0) is 19.1. The van der Waals surface area contributed by atoms with Crippen molar-refractivity contribution in [2.45, 2.75) is 24.9 Å². The molecule has 140 valence electrons. The molecule has 1 N–H and O–H groups in total. The normalized spacial score (nSPS) is 11.8. The first-order valence-electron chi connectivity index (χ1n) is 7.77. The molecule has 26 heavy (non-hydrogen) atoms. The maximum atomic E-state index is 13.6. The second-order valence-corrected chi connectivity index (χ2v) is 7.10. The number of nitrogens with one attached hydrogen (secondary N) is 1. The minimum absolute atomic E-state index is 0.0469. The van der Waals surface area contributed by atoms with Crippen LogP contribution in [0.4, 0.5) is 4.39 Å².